The lowest BCUT2D eigenvalue weighted by atomic mass is 10.6. The molecule has 80 valence electrons. The number of hydrogen-bond donors (Lipinski definition) is 3. The second-order valence-electron chi connectivity index (χ2n) is 2.82. The lowest BCUT2D eigenvalue weighted by molar-refractivity contribution is 0.275. The predicted octanol–water partition coefficient (Wildman–Crippen LogP) is 0.241. The third kappa shape index (κ3) is 2.37. The van der Waals surface area contributed by atoms with E-state index < -0.39 is 0 Å². The van der Waals surface area contributed by atoms with E-state index in [0.29, 0.717) is 24.1 Å². The van der Waals surface area contributed by atoms with Crippen molar-refractivity contribution in [2.75, 3.05) is 25.1 Å². The van der Waals surface area contributed by atoms with Crippen molar-refractivity contribution in [3.63, 3.8) is 0 Å². The largest absolute Gasteiger partial charge is 0.395 e. The van der Waals surface area contributed by atoms with E-state index in [-0.39, 0.29) is 13.2 Å². The second-order valence-corrected chi connectivity index (χ2v) is 3.18. The van der Waals surface area contributed by atoms with Crippen LogP contribution in [0.15, 0.2) is 0 Å². The third-order valence-electron chi connectivity index (χ3n) is 1.82. The van der Waals surface area contributed by atoms with Crippen molar-refractivity contribution in [3.05, 3.63) is 11.0 Å². The van der Waals surface area contributed by atoms with Gasteiger partial charge in [0, 0.05) is 13.1 Å². The first-order valence-electron chi connectivity index (χ1n) is 4.39. The van der Waals surface area contributed by atoms with E-state index in [1.807, 2.05) is 6.92 Å². The quantitative estimate of drug-likeness (QED) is 0.664. The van der Waals surface area contributed by atoms with Gasteiger partial charge in [0.15, 0.2) is 11.0 Å². The Hall–Kier alpha value is -0.780. The molecule has 0 unspecified atom stereocenters. The van der Waals surface area contributed by atoms with Crippen LogP contribution in [0.5, 0.6) is 0 Å². The van der Waals surface area contributed by atoms with Gasteiger partial charge in [-0.15, -0.1) is 0 Å². The highest BCUT2D eigenvalue weighted by Crippen LogP contribution is 2.22. The molecule has 1 aromatic rings. The second kappa shape index (κ2) is 5.19. The Morgan fingerprint density at radius 2 is 2.14 bits per heavy atom. The molecular weight excluding hydrogens is 206 g/mol. The van der Waals surface area contributed by atoms with Crippen LogP contribution in [0, 0.1) is 6.92 Å². The van der Waals surface area contributed by atoms with Gasteiger partial charge in [-0.25, -0.2) is 4.98 Å². The summed E-state index contributed by atoms with van der Waals surface area (Å²) in [5.74, 6) is 1.29. The van der Waals surface area contributed by atoms with Gasteiger partial charge in [-0.05, 0) is 6.92 Å². The maximum Gasteiger partial charge on any atom is 0.164 e. The summed E-state index contributed by atoms with van der Waals surface area (Å²) in [6.45, 7) is 2.71. The molecule has 6 heteroatoms. The highest BCUT2D eigenvalue weighted by molar-refractivity contribution is 6.32. The number of anilines is 1. The lowest BCUT2D eigenvalue weighted by Gasteiger charge is -2.03. The summed E-state index contributed by atoms with van der Waals surface area (Å²) in [6.07, 6.45) is 0. The molecule has 1 rings (SSSR count). The van der Waals surface area contributed by atoms with Gasteiger partial charge in [0.2, 0.25) is 0 Å². The van der Waals surface area contributed by atoms with E-state index >= 15 is 0 Å². The maximum atomic E-state index is 8.79. The molecule has 0 spiro atoms. The van der Waals surface area contributed by atoms with Crippen LogP contribution in [-0.4, -0.2) is 39.5 Å². The van der Waals surface area contributed by atoms with E-state index in [2.05, 4.69) is 10.3 Å². The first-order chi connectivity index (χ1) is 6.70. The number of hydrogen-bond acceptors (Lipinski definition) is 4. The normalized spacial score (nSPS) is 10.6. The van der Waals surface area contributed by atoms with Gasteiger partial charge in [0.25, 0.3) is 0 Å². The van der Waals surface area contributed by atoms with Crippen LogP contribution < -0.4 is 5.32 Å². The number of rotatable bonds is 5. The molecule has 14 heavy (non-hydrogen) atoms. The molecular formula is C8H14ClN3O2. The molecule has 0 aromatic carbocycles. The average molecular weight is 220 g/mol. The summed E-state index contributed by atoms with van der Waals surface area (Å²) >= 11 is 5.99. The van der Waals surface area contributed by atoms with Crippen molar-refractivity contribution in [2.45, 2.75) is 13.5 Å². The van der Waals surface area contributed by atoms with E-state index in [1.54, 1.807) is 4.57 Å². The van der Waals surface area contributed by atoms with Crippen molar-refractivity contribution in [1.82, 2.24) is 9.55 Å². The van der Waals surface area contributed by atoms with Crippen molar-refractivity contribution in [1.29, 1.82) is 0 Å². The van der Waals surface area contributed by atoms with Crippen LogP contribution in [0.25, 0.3) is 0 Å². The lowest BCUT2D eigenvalue weighted by Crippen LogP contribution is -2.07. The van der Waals surface area contributed by atoms with Crippen LogP contribution in [0.2, 0.25) is 5.15 Å². The molecule has 0 aliphatic heterocycles. The number of aliphatic hydroxyl groups is 2. The minimum atomic E-state index is 0.0242. The molecule has 3 N–H and O–H groups in total. The fourth-order valence-corrected chi connectivity index (χ4v) is 1.50. The average Bonchev–Trinajstić information content (AvgIpc) is 2.43. The zero-order chi connectivity index (χ0) is 10.6. The monoisotopic (exact) mass is 219 g/mol. The Kier molecular flexibility index (Phi) is 4.19. The van der Waals surface area contributed by atoms with Crippen LogP contribution >= 0.6 is 11.6 Å². The number of nitrogens with zero attached hydrogens (tertiary/aromatic N) is 2. The fourth-order valence-electron chi connectivity index (χ4n) is 1.18. The first-order valence-corrected chi connectivity index (χ1v) is 4.76. The summed E-state index contributed by atoms with van der Waals surface area (Å²) in [5, 5.41) is 20.8. The van der Waals surface area contributed by atoms with E-state index in [9.17, 15) is 0 Å². The fraction of sp³-hybridized carbons (Fsp3) is 0.625. The topological polar surface area (TPSA) is 70.3 Å². The number of halogens is 1. The van der Waals surface area contributed by atoms with Crippen LogP contribution in [0.3, 0.4) is 0 Å². The third-order valence-corrected chi connectivity index (χ3v) is 2.21. The van der Waals surface area contributed by atoms with Crippen molar-refractivity contribution in [3.8, 4) is 0 Å². The minimum Gasteiger partial charge on any atom is -0.395 e. The zero-order valence-corrected chi connectivity index (χ0v) is 8.75. The SMILES string of the molecule is Cc1nc(NCCO)c(Cl)n1CCO. The summed E-state index contributed by atoms with van der Waals surface area (Å²) in [6, 6.07) is 0. The number of imidazole rings is 1. The van der Waals surface area contributed by atoms with Gasteiger partial charge in [0.05, 0.1) is 13.2 Å². The van der Waals surface area contributed by atoms with E-state index in [0.717, 1.165) is 5.82 Å². The predicted molar refractivity (Wildman–Crippen MR) is 54.6 cm³/mol. The maximum absolute atomic E-state index is 8.79. The highest BCUT2D eigenvalue weighted by atomic mass is 35.5. The van der Waals surface area contributed by atoms with Crippen LogP contribution in [0.4, 0.5) is 5.82 Å². The molecule has 0 aliphatic carbocycles. The number of aryl methyl sites for hydroxylation is 1. The Labute approximate surface area is 87.3 Å². The molecule has 1 heterocycles. The van der Waals surface area contributed by atoms with Crippen molar-refractivity contribution >= 4 is 17.4 Å². The number of aliphatic hydroxyl groups excluding tert-OH is 2. The minimum absolute atomic E-state index is 0.0242. The van der Waals surface area contributed by atoms with Gasteiger partial charge < -0.3 is 20.1 Å². The van der Waals surface area contributed by atoms with Gasteiger partial charge in [-0.2, -0.15) is 0 Å². The number of aromatic nitrogens is 2. The standard InChI is InChI=1S/C8H14ClN3O2/c1-6-11-8(10-2-4-13)7(9)12(6)3-5-14/h10,13-14H,2-5H2,1H3. The van der Waals surface area contributed by atoms with E-state index in [1.165, 1.54) is 0 Å². The van der Waals surface area contributed by atoms with Gasteiger partial charge in [0.1, 0.15) is 5.82 Å². The molecule has 0 radical (unpaired) electrons. The molecule has 0 saturated carbocycles. The molecule has 0 aliphatic rings. The Bertz CT molecular complexity index is 301. The molecule has 1 aromatic heterocycles. The highest BCUT2D eigenvalue weighted by Gasteiger charge is 2.11. The Balaban J connectivity index is 2.81. The zero-order valence-electron chi connectivity index (χ0n) is 8.00. The van der Waals surface area contributed by atoms with Gasteiger partial charge >= 0.3 is 0 Å². The molecule has 0 amide bonds. The van der Waals surface area contributed by atoms with Gasteiger partial charge in [-0.1, -0.05) is 11.6 Å². The Morgan fingerprint density at radius 1 is 1.43 bits per heavy atom. The van der Waals surface area contributed by atoms with Crippen molar-refractivity contribution < 1.29 is 10.2 Å². The molecule has 0 fully saturated rings. The van der Waals surface area contributed by atoms with Crippen LogP contribution in [0.1, 0.15) is 5.82 Å². The first kappa shape index (κ1) is 11.3. The molecule has 5 nitrogen and oxygen atoms in total. The summed E-state index contributed by atoms with van der Waals surface area (Å²) in [5.41, 5.74) is 0. The van der Waals surface area contributed by atoms with Crippen molar-refractivity contribution in [2.24, 2.45) is 0 Å². The number of nitrogens with one attached hydrogen (secondary N) is 1. The van der Waals surface area contributed by atoms with Crippen LogP contribution in [-0.2, 0) is 6.54 Å². The van der Waals surface area contributed by atoms with Gasteiger partial charge in [-0.3, -0.25) is 0 Å². The molecule has 0 saturated heterocycles. The Morgan fingerprint density at radius 3 is 2.71 bits per heavy atom. The van der Waals surface area contributed by atoms with E-state index in [4.69, 9.17) is 21.8 Å². The summed E-state index contributed by atoms with van der Waals surface area (Å²) < 4.78 is 1.71. The summed E-state index contributed by atoms with van der Waals surface area (Å²) in [4.78, 5) is 4.16. The molecule has 0 bridgehead atoms. The molecule has 0 atom stereocenters. The smallest absolute Gasteiger partial charge is 0.164 e. The summed E-state index contributed by atoms with van der Waals surface area (Å²) in [7, 11) is 0.